The summed E-state index contributed by atoms with van der Waals surface area (Å²) in [5.41, 5.74) is 1.08. The molecule has 49 heavy (non-hydrogen) atoms. The number of ether oxygens (including phenoxy) is 3. The summed E-state index contributed by atoms with van der Waals surface area (Å²) in [5.74, 6) is -0.787. The number of hydrogen-bond donors (Lipinski definition) is 0. The molecular weight excluding hydrogens is 646 g/mol. The van der Waals surface area contributed by atoms with E-state index in [1.54, 1.807) is 0 Å². The Morgan fingerprint density at radius 3 is 0.980 bits per heavy atom. The third kappa shape index (κ3) is 8.76. The van der Waals surface area contributed by atoms with Crippen molar-refractivity contribution in [3.63, 3.8) is 0 Å². The molecule has 6 aromatic rings. The Kier molecular flexibility index (Phi) is 12.1. The summed E-state index contributed by atoms with van der Waals surface area (Å²) in [6.45, 7) is 0.525. The smallest absolute Gasteiger partial charge is 0.338 e. The van der Waals surface area contributed by atoms with Crippen molar-refractivity contribution in [1.82, 2.24) is 0 Å². The molecule has 0 aliphatic heterocycles. The van der Waals surface area contributed by atoms with Crippen molar-refractivity contribution < 1.29 is 23.8 Å². The highest BCUT2D eigenvalue weighted by atomic mass is 31.1. The summed E-state index contributed by atoms with van der Waals surface area (Å²) < 4.78 is 17.0. The van der Waals surface area contributed by atoms with E-state index in [2.05, 4.69) is 48.5 Å². The third-order valence-electron chi connectivity index (χ3n) is 7.71. The molecule has 6 aromatic carbocycles. The Balaban J connectivity index is 1.04. The third-order valence-corrected chi connectivity index (χ3v) is 12.7. The molecule has 7 heteroatoms. The van der Waals surface area contributed by atoms with E-state index in [1.165, 1.54) is 0 Å². The first-order valence-corrected chi connectivity index (χ1v) is 18.8. The zero-order valence-electron chi connectivity index (χ0n) is 26.9. The maximum Gasteiger partial charge on any atom is 0.338 e. The molecule has 0 aliphatic carbocycles. The first-order chi connectivity index (χ1) is 24.2. The van der Waals surface area contributed by atoms with Crippen LogP contribution in [0.4, 0.5) is 0 Å². The molecule has 0 spiro atoms. The summed E-state index contributed by atoms with van der Waals surface area (Å²) in [4.78, 5) is 26.6. The van der Waals surface area contributed by atoms with Crippen molar-refractivity contribution in [1.29, 1.82) is 0 Å². The van der Waals surface area contributed by atoms with Gasteiger partial charge < -0.3 is 14.2 Å². The van der Waals surface area contributed by atoms with Crippen molar-refractivity contribution in [2.45, 2.75) is 0 Å². The van der Waals surface area contributed by atoms with Gasteiger partial charge in [-0.15, -0.1) is 0 Å². The van der Waals surface area contributed by atoms with Crippen molar-refractivity contribution >= 4 is 59.6 Å². The summed E-state index contributed by atoms with van der Waals surface area (Å²) in [7, 11) is -1.93. The van der Waals surface area contributed by atoms with Crippen molar-refractivity contribution in [3.05, 3.63) is 181 Å². The van der Waals surface area contributed by atoms with Gasteiger partial charge in [-0.1, -0.05) is 158 Å². The molecule has 0 saturated carbocycles. The van der Waals surface area contributed by atoms with E-state index in [9.17, 15) is 9.59 Å². The van der Waals surface area contributed by atoms with E-state index in [1.807, 2.05) is 121 Å². The zero-order valence-corrected chi connectivity index (χ0v) is 28.7. The minimum Gasteiger partial charge on any atom is -0.460 e. The maximum atomic E-state index is 13.3. The predicted octanol–water partition coefficient (Wildman–Crippen LogP) is 6.23. The lowest BCUT2D eigenvalue weighted by Gasteiger charge is -2.21. The van der Waals surface area contributed by atoms with Gasteiger partial charge in [0, 0.05) is 0 Å². The van der Waals surface area contributed by atoms with Crippen LogP contribution in [0.1, 0.15) is 20.7 Å². The van der Waals surface area contributed by atoms with Crippen LogP contribution in [0.3, 0.4) is 0 Å². The maximum absolute atomic E-state index is 13.3. The van der Waals surface area contributed by atoms with E-state index in [-0.39, 0.29) is 26.4 Å². The summed E-state index contributed by atoms with van der Waals surface area (Å²) in [6.07, 6.45) is 0. The van der Waals surface area contributed by atoms with Crippen LogP contribution in [-0.2, 0) is 14.2 Å². The zero-order chi connectivity index (χ0) is 33.7. The second kappa shape index (κ2) is 17.5. The molecule has 0 radical (unpaired) electrons. The van der Waals surface area contributed by atoms with Gasteiger partial charge in [0.25, 0.3) is 0 Å². The fraction of sp³-hybridized carbons (Fsp3) is 0.0952. The van der Waals surface area contributed by atoms with E-state index in [0.29, 0.717) is 11.1 Å². The molecule has 5 nitrogen and oxygen atoms in total. The van der Waals surface area contributed by atoms with E-state index in [0.717, 1.165) is 31.8 Å². The minimum absolute atomic E-state index is 0.0803. The molecule has 0 aliphatic rings. The number of esters is 2. The number of carbonyl (C=O) groups excluding carboxylic acids is 2. The molecule has 0 heterocycles. The van der Waals surface area contributed by atoms with Crippen LogP contribution in [-0.4, -0.2) is 38.4 Å². The van der Waals surface area contributed by atoms with Gasteiger partial charge in [-0.3, -0.25) is 0 Å². The van der Waals surface area contributed by atoms with Crippen molar-refractivity contribution in [2.24, 2.45) is 0 Å². The first-order valence-electron chi connectivity index (χ1n) is 16.1. The highest BCUT2D eigenvalue weighted by Crippen LogP contribution is 2.35. The summed E-state index contributed by atoms with van der Waals surface area (Å²) in [5, 5.41) is 6.50. The lowest BCUT2D eigenvalue weighted by atomic mass is 10.2. The Morgan fingerprint density at radius 2 is 0.653 bits per heavy atom. The number of hydrogen-bond acceptors (Lipinski definition) is 5. The lowest BCUT2D eigenvalue weighted by molar-refractivity contribution is 0.0152. The normalized spacial score (nSPS) is 11.0. The van der Waals surface area contributed by atoms with Crippen LogP contribution in [0.25, 0.3) is 0 Å². The summed E-state index contributed by atoms with van der Waals surface area (Å²) >= 11 is 0. The highest BCUT2D eigenvalue weighted by Gasteiger charge is 2.24. The highest BCUT2D eigenvalue weighted by molar-refractivity contribution is 7.80. The van der Waals surface area contributed by atoms with Gasteiger partial charge in [-0.2, -0.15) is 0 Å². The van der Waals surface area contributed by atoms with Gasteiger partial charge in [-0.05, 0) is 59.8 Å². The second-order valence-electron chi connectivity index (χ2n) is 10.9. The van der Waals surface area contributed by atoms with Crippen LogP contribution in [0.15, 0.2) is 170 Å². The molecular formula is C42H36O5P2. The SMILES string of the molecule is O=C(OCCOCCOC(=O)c1ccccc1P(c1ccccc1)c1ccccc1)c1ccccc1P(c1ccccc1)c1ccccc1. The van der Waals surface area contributed by atoms with Crippen LogP contribution in [0.2, 0.25) is 0 Å². The van der Waals surface area contributed by atoms with E-state index in [4.69, 9.17) is 14.2 Å². The van der Waals surface area contributed by atoms with E-state index >= 15 is 0 Å². The average molecular weight is 683 g/mol. The minimum atomic E-state index is -0.964. The molecule has 6 rings (SSSR count). The van der Waals surface area contributed by atoms with Gasteiger partial charge in [0.2, 0.25) is 0 Å². The molecule has 0 amide bonds. The standard InChI is InChI=1S/C42H36O5P2/c43-41(37-25-13-15-27-39(37)48(33-17-5-1-6-18-33)34-19-7-2-8-20-34)46-31-29-45-30-32-47-42(44)38-26-14-16-28-40(38)49(35-21-9-3-10-22-35)36-23-11-4-12-24-36/h1-28H,29-32H2. The Labute approximate surface area is 290 Å². The number of carbonyl (C=O) groups is 2. The quantitative estimate of drug-likeness (QED) is 0.0775. The molecule has 0 atom stereocenters. The Morgan fingerprint density at radius 1 is 0.367 bits per heavy atom. The number of rotatable bonds is 14. The van der Waals surface area contributed by atoms with Crippen molar-refractivity contribution in [2.75, 3.05) is 26.4 Å². The average Bonchev–Trinajstić information content (AvgIpc) is 3.17. The molecule has 0 aromatic heterocycles. The lowest BCUT2D eigenvalue weighted by Crippen LogP contribution is -2.26. The van der Waals surface area contributed by atoms with Gasteiger partial charge >= 0.3 is 11.9 Å². The van der Waals surface area contributed by atoms with Crippen LogP contribution < -0.4 is 31.8 Å². The Hall–Kier alpha value is -4.92. The van der Waals surface area contributed by atoms with Crippen LogP contribution in [0.5, 0.6) is 0 Å². The second-order valence-corrected chi connectivity index (χ2v) is 15.3. The fourth-order valence-corrected chi connectivity index (χ4v) is 10.4. The van der Waals surface area contributed by atoms with Gasteiger partial charge in [0.1, 0.15) is 13.2 Å². The molecule has 0 unspecified atom stereocenters. The molecule has 0 saturated heterocycles. The molecule has 0 fully saturated rings. The summed E-state index contributed by atoms with van der Waals surface area (Å²) in [6, 6.07) is 56.3. The fourth-order valence-electron chi connectivity index (χ4n) is 5.49. The number of benzene rings is 6. The van der Waals surface area contributed by atoms with Gasteiger partial charge in [0.05, 0.1) is 24.3 Å². The molecule has 0 bridgehead atoms. The largest absolute Gasteiger partial charge is 0.460 e. The topological polar surface area (TPSA) is 61.8 Å². The molecule has 0 N–H and O–H groups in total. The van der Waals surface area contributed by atoms with Gasteiger partial charge in [0.15, 0.2) is 0 Å². The van der Waals surface area contributed by atoms with Crippen LogP contribution in [0, 0.1) is 0 Å². The van der Waals surface area contributed by atoms with Gasteiger partial charge in [-0.25, -0.2) is 9.59 Å². The monoisotopic (exact) mass is 682 g/mol. The van der Waals surface area contributed by atoms with E-state index < -0.39 is 27.8 Å². The van der Waals surface area contributed by atoms with Crippen LogP contribution >= 0.6 is 15.8 Å². The predicted molar refractivity (Wildman–Crippen MR) is 202 cm³/mol. The van der Waals surface area contributed by atoms with Crippen molar-refractivity contribution in [3.8, 4) is 0 Å². The first kappa shape index (κ1) is 34.0. The Bertz CT molecular complexity index is 1720. The molecule has 244 valence electrons.